The van der Waals surface area contributed by atoms with E-state index in [1.165, 1.54) is 15.3 Å². The highest BCUT2D eigenvalue weighted by Gasteiger charge is 2.08. The molecule has 0 radical (unpaired) electrons. The maximum Gasteiger partial charge on any atom is 0.253 e. The van der Waals surface area contributed by atoms with Crippen LogP contribution in [0.4, 0.5) is 0 Å². The van der Waals surface area contributed by atoms with Crippen LogP contribution in [-0.2, 0) is 0 Å². The van der Waals surface area contributed by atoms with E-state index in [4.69, 9.17) is 0 Å². The predicted molar refractivity (Wildman–Crippen MR) is 83.9 cm³/mol. The number of aryl methyl sites for hydroxylation is 1. The number of carbonyl (C=O) groups excluding carboxylic acids is 1. The van der Waals surface area contributed by atoms with E-state index in [2.05, 4.69) is 19.1 Å². The van der Waals surface area contributed by atoms with Gasteiger partial charge in [-0.05, 0) is 36.8 Å². The predicted octanol–water partition coefficient (Wildman–Crippen LogP) is 4.45. The van der Waals surface area contributed by atoms with Crippen molar-refractivity contribution in [1.29, 1.82) is 0 Å². The molecule has 0 aliphatic rings. The lowest BCUT2D eigenvalue weighted by atomic mass is 10.1. The van der Waals surface area contributed by atoms with Gasteiger partial charge in [0.1, 0.15) is 0 Å². The zero-order chi connectivity index (χ0) is 14.4. The molecule has 102 valence electrons. The molecule has 0 unspecified atom stereocenters. The summed E-state index contributed by atoms with van der Waals surface area (Å²) in [6.07, 6.45) is 0. The van der Waals surface area contributed by atoms with Crippen molar-refractivity contribution in [3.63, 3.8) is 0 Å². The van der Waals surface area contributed by atoms with Crippen molar-refractivity contribution in [3.05, 3.63) is 46.8 Å². The number of hydrogen-bond donors (Lipinski definition) is 0. The monoisotopic (exact) mass is 275 g/mol. The fourth-order valence-corrected chi connectivity index (χ4v) is 2.50. The van der Waals surface area contributed by atoms with Crippen molar-refractivity contribution >= 4 is 17.2 Å². The molecule has 0 saturated heterocycles. The van der Waals surface area contributed by atoms with E-state index < -0.39 is 0 Å². The van der Waals surface area contributed by atoms with Crippen molar-refractivity contribution in [2.45, 2.75) is 20.8 Å². The summed E-state index contributed by atoms with van der Waals surface area (Å²) < 4.78 is 0. The van der Waals surface area contributed by atoms with E-state index in [0.717, 1.165) is 5.56 Å². The van der Waals surface area contributed by atoms with Crippen molar-refractivity contribution in [1.82, 2.24) is 4.90 Å². The lowest BCUT2D eigenvalue weighted by molar-refractivity contribution is 0.0827. The van der Waals surface area contributed by atoms with Crippen molar-refractivity contribution in [3.8, 4) is 10.4 Å². The Bertz CT molecular complexity index is 526. The summed E-state index contributed by atoms with van der Waals surface area (Å²) in [6, 6.07) is 12.0. The molecule has 2 nitrogen and oxygen atoms in total. The number of rotatable bonds is 2. The number of hydrogen-bond acceptors (Lipinski definition) is 2. The molecule has 1 amide bonds. The van der Waals surface area contributed by atoms with Gasteiger partial charge in [-0.3, -0.25) is 4.79 Å². The molecule has 0 atom stereocenters. The Balaban J connectivity index is 0.000000861. The average Bonchev–Trinajstić information content (AvgIpc) is 2.87. The summed E-state index contributed by atoms with van der Waals surface area (Å²) in [4.78, 5) is 15.9. The van der Waals surface area contributed by atoms with Crippen LogP contribution in [0.3, 0.4) is 0 Å². The summed E-state index contributed by atoms with van der Waals surface area (Å²) in [7, 11) is 3.53. The van der Waals surface area contributed by atoms with Gasteiger partial charge in [0.15, 0.2) is 0 Å². The third-order valence-electron chi connectivity index (χ3n) is 2.56. The van der Waals surface area contributed by atoms with Gasteiger partial charge in [-0.15, -0.1) is 11.3 Å². The minimum atomic E-state index is 0.0407. The summed E-state index contributed by atoms with van der Waals surface area (Å²) in [5, 5.41) is 0. The summed E-state index contributed by atoms with van der Waals surface area (Å²) in [5.41, 5.74) is 1.89. The van der Waals surface area contributed by atoms with Crippen LogP contribution in [0, 0.1) is 6.92 Å². The number of carbonyl (C=O) groups is 1. The van der Waals surface area contributed by atoms with Crippen LogP contribution in [-0.4, -0.2) is 24.9 Å². The maximum absolute atomic E-state index is 11.7. The fourth-order valence-electron chi connectivity index (χ4n) is 1.62. The molecule has 19 heavy (non-hydrogen) atoms. The number of amides is 1. The number of nitrogens with zero attached hydrogens (tertiary/aromatic N) is 1. The van der Waals surface area contributed by atoms with E-state index >= 15 is 0 Å². The maximum atomic E-state index is 11.7. The molecule has 0 saturated carbocycles. The molecule has 0 bridgehead atoms. The molecule has 0 N–H and O–H groups in total. The smallest absolute Gasteiger partial charge is 0.253 e. The molecule has 3 heteroatoms. The first-order chi connectivity index (χ1) is 9.08. The van der Waals surface area contributed by atoms with Crippen LogP contribution in [0.1, 0.15) is 29.1 Å². The quantitative estimate of drug-likeness (QED) is 0.793. The minimum Gasteiger partial charge on any atom is -0.345 e. The molecule has 1 aromatic carbocycles. The Morgan fingerprint density at radius 2 is 1.58 bits per heavy atom. The Hall–Kier alpha value is -1.61. The molecule has 2 rings (SSSR count). The Morgan fingerprint density at radius 3 is 2.00 bits per heavy atom. The van der Waals surface area contributed by atoms with E-state index in [9.17, 15) is 4.79 Å². The highest BCUT2D eigenvalue weighted by atomic mass is 32.1. The second-order valence-electron chi connectivity index (χ2n) is 4.19. The van der Waals surface area contributed by atoms with E-state index in [-0.39, 0.29) is 5.91 Å². The Kier molecular flexibility index (Phi) is 5.77. The van der Waals surface area contributed by atoms with Crippen LogP contribution in [0.15, 0.2) is 36.4 Å². The van der Waals surface area contributed by atoms with Crippen LogP contribution >= 0.6 is 11.3 Å². The molecule has 0 aliphatic heterocycles. The lowest BCUT2D eigenvalue weighted by Gasteiger charge is -2.10. The number of benzene rings is 1. The topological polar surface area (TPSA) is 20.3 Å². The van der Waals surface area contributed by atoms with E-state index in [1.807, 2.05) is 38.1 Å². The van der Waals surface area contributed by atoms with Crippen molar-refractivity contribution in [2.75, 3.05) is 14.1 Å². The highest BCUT2D eigenvalue weighted by Crippen LogP contribution is 2.27. The van der Waals surface area contributed by atoms with Crippen LogP contribution in [0.5, 0.6) is 0 Å². The van der Waals surface area contributed by atoms with Crippen LogP contribution < -0.4 is 0 Å². The zero-order valence-electron chi connectivity index (χ0n) is 12.2. The molecule has 1 heterocycles. The highest BCUT2D eigenvalue weighted by molar-refractivity contribution is 7.15. The summed E-state index contributed by atoms with van der Waals surface area (Å²) >= 11 is 1.77. The van der Waals surface area contributed by atoms with E-state index in [0.29, 0.717) is 0 Å². The zero-order valence-corrected chi connectivity index (χ0v) is 13.0. The molecular formula is C16H21NOS. The van der Waals surface area contributed by atoms with Gasteiger partial charge in [0.2, 0.25) is 0 Å². The third-order valence-corrected chi connectivity index (χ3v) is 3.61. The van der Waals surface area contributed by atoms with Gasteiger partial charge >= 0.3 is 0 Å². The van der Waals surface area contributed by atoms with Gasteiger partial charge in [-0.1, -0.05) is 26.0 Å². The van der Waals surface area contributed by atoms with Gasteiger partial charge in [0, 0.05) is 29.4 Å². The minimum absolute atomic E-state index is 0.0407. The molecule has 0 spiro atoms. The summed E-state index contributed by atoms with van der Waals surface area (Å²) in [5.74, 6) is 0.0407. The van der Waals surface area contributed by atoms with Crippen molar-refractivity contribution in [2.24, 2.45) is 0 Å². The SMILES string of the molecule is CC.Cc1ccc(-c2ccc(C(=O)N(C)C)cc2)s1. The first-order valence-corrected chi connectivity index (χ1v) is 7.28. The van der Waals surface area contributed by atoms with Gasteiger partial charge in [-0.25, -0.2) is 0 Å². The van der Waals surface area contributed by atoms with Crippen LogP contribution in [0.2, 0.25) is 0 Å². The average molecular weight is 275 g/mol. The van der Waals surface area contributed by atoms with Gasteiger partial charge in [0.25, 0.3) is 5.91 Å². The Morgan fingerprint density at radius 1 is 1.00 bits per heavy atom. The normalized spacial score (nSPS) is 9.53. The third kappa shape index (κ3) is 3.93. The number of thiophene rings is 1. The van der Waals surface area contributed by atoms with Gasteiger partial charge in [0.05, 0.1) is 0 Å². The second-order valence-corrected chi connectivity index (χ2v) is 5.48. The van der Waals surface area contributed by atoms with Gasteiger partial charge < -0.3 is 4.90 Å². The molecule has 0 aliphatic carbocycles. The lowest BCUT2D eigenvalue weighted by Crippen LogP contribution is -2.21. The molecular weight excluding hydrogens is 254 g/mol. The standard InChI is InChI=1S/C14H15NOS.C2H6/c1-10-4-9-13(17-10)11-5-7-12(8-6-11)14(16)15(2)3;1-2/h4-9H,1-3H3;1-2H3. The first kappa shape index (κ1) is 15.4. The fraction of sp³-hybridized carbons (Fsp3) is 0.312. The largest absolute Gasteiger partial charge is 0.345 e. The van der Waals surface area contributed by atoms with Crippen molar-refractivity contribution < 1.29 is 4.79 Å². The van der Waals surface area contributed by atoms with Crippen LogP contribution in [0.25, 0.3) is 10.4 Å². The Labute approximate surface area is 119 Å². The first-order valence-electron chi connectivity index (χ1n) is 6.46. The second kappa shape index (κ2) is 7.10. The molecule has 1 aromatic heterocycles. The molecule has 0 fully saturated rings. The molecule has 2 aromatic rings. The van der Waals surface area contributed by atoms with Gasteiger partial charge in [-0.2, -0.15) is 0 Å². The van der Waals surface area contributed by atoms with E-state index in [1.54, 1.807) is 30.3 Å². The summed E-state index contributed by atoms with van der Waals surface area (Å²) in [6.45, 7) is 6.10.